The summed E-state index contributed by atoms with van der Waals surface area (Å²) >= 11 is 5.96. The highest BCUT2D eigenvalue weighted by atomic mass is 35.7. The number of fused-ring (bicyclic) bond motifs is 9. The number of sulfonamides is 3. The molecule has 0 bridgehead atoms. The van der Waals surface area contributed by atoms with E-state index in [1.165, 1.54) is 52.1 Å². The monoisotopic (exact) mass is 1900 g/mol. The fraction of sp³-hybridized carbons (Fsp3) is 0.216. The molecule has 0 amide bonds. The number of aromatic nitrogens is 7. The number of nitro groups is 2. The number of nitro benzene ring substituents is 2. The van der Waals surface area contributed by atoms with Crippen LogP contribution >= 0.6 is 22.3 Å². The summed E-state index contributed by atoms with van der Waals surface area (Å²) in [6, 6.07) is 62.4. The molecule has 2 aliphatic heterocycles. The minimum Gasteiger partial charge on any atom is -0.398 e. The Balaban J connectivity index is 0.000000140. The fourth-order valence-corrected chi connectivity index (χ4v) is 19.4. The number of aryl methyl sites for hydroxylation is 3. The molecule has 7 heterocycles. The maximum absolute atomic E-state index is 12.1. The molecule has 14 aromatic rings. The van der Waals surface area contributed by atoms with Gasteiger partial charge in [0.2, 0.25) is 41.3 Å². The molecule has 0 spiro atoms. The Kier molecular flexibility index (Phi) is 32.0. The molecular formula is C97H101Cl2N15O14S4. The van der Waals surface area contributed by atoms with Gasteiger partial charge in [0.25, 0.3) is 20.4 Å². The first-order valence-corrected chi connectivity index (χ1v) is 49.3. The van der Waals surface area contributed by atoms with E-state index in [9.17, 15) is 53.9 Å². The topological polar surface area (TPSA) is 458 Å². The summed E-state index contributed by atoms with van der Waals surface area (Å²) in [6.07, 6.45) is 12.9. The van der Waals surface area contributed by atoms with Gasteiger partial charge in [-0.05, 0) is 203 Å². The van der Waals surface area contributed by atoms with Crippen LogP contribution in [0.25, 0.3) is 63.0 Å². The highest BCUT2D eigenvalue weighted by Gasteiger charge is 2.27. The Morgan fingerprint density at radius 1 is 0.447 bits per heavy atom. The predicted molar refractivity (Wildman–Crippen MR) is 522 cm³/mol. The van der Waals surface area contributed by atoms with Gasteiger partial charge in [-0.15, -0.1) is 0 Å². The van der Waals surface area contributed by atoms with Crippen molar-refractivity contribution >= 4 is 147 Å². The van der Waals surface area contributed by atoms with E-state index in [-0.39, 0.29) is 46.1 Å². The lowest BCUT2D eigenvalue weighted by molar-refractivity contribution is -0.385. The first-order valence-electron chi connectivity index (χ1n) is 42.0. The Hall–Kier alpha value is -12.9. The molecule has 0 fully saturated rings. The zero-order valence-electron chi connectivity index (χ0n) is 74.0. The van der Waals surface area contributed by atoms with Gasteiger partial charge in [-0.25, -0.2) is 64.0 Å². The number of nitrogens with one attached hydrogen (secondary N) is 4. The average Bonchev–Trinajstić information content (AvgIpc) is 1.53. The Morgan fingerprint density at radius 3 is 1.36 bits per heavy atom. The van der Waals surface area contributed by atoms with Gasteiger partial charge in [-0.3, -0.25) is 24.8 Å². The quantitative estimate of drug-likeness (QED) is 0.0175. The molecule has 0 saturated carbocycles. The zero-order valence-corrected chi connectivity index (χ0v) is 78.7. The van der Waals surface area contributed by atoms with Crippen LogP contribution in [0.3, 0.4) is 0 Å². The molecule has 132 heavy (non-hydrogen) atoms. The molecule has 686 valence electrons. The second-order valence-electron chi connectivity index (χ2n) is 31.7. The molecule has 0 unspecified atom stereocenters. The maximum Gasteiger partial charge on any atom is 0.278 e. The van der Waals surface area contributed by atoms with E-state index >= 15 is 0 Å². The minimum atomic E-state index is -3.86. The predicted octanol–water partition coefficient (Wildman–Crippen LogP) is 19.1. The van der Waals surface area contributed by atoms with Gasteiger partial charge < -0.3 is 35.8 Å². The minimum absolute atomic E-state index is 0.0886. The van der Waals surface area contributed by atoms with E-state index in [1.807, 2.05) is 163 Å². The lowest BCUT2D eigenvalue weighted by atomic mass is 10.1. The number of ether oxygens (including phenoxy) is 2. The van der Waals surface area contributed by atoms with Crippen LogP contribution in [0.4, 0.5) is 28.7 Å². The number of halogens is 2. The average molecular weight is 1900 g/mol. The summed E-state index contributed by atoms with van der Waals surface area (Å²) in [5.74, 6) is 1.98. The van der Waals surface area contributed by atoms with Gasteiger partial charge in [-0.2, -0.15) is 4.98 Å². The van der Waals surface area contributed by atoms with Gasteiger partial charge in [0.05, 0.1) is 89.2 Å². The standard InChI is InChI=1S/C23H23N5O3S.C14H14ClN3O.C10H9ClO2S.C10H11NO2S.C10H9NO2.C10H11N.C9H10N2O2S.C9H8N2O2.C2H6/c1-15-12-17-20(8-5-9-21(17)32(24,29)30)28(15)23-26-19-10-11-31-14-18(19)22(27-23)25-13-16-6-3-2-4-7-16;15-14-17-12-6-7-19-9-11(12)13(18-14)16-8-10-4-2-1-3-5-10;2*1-7-5-8-3-2-4-10(9(8)6-7)14(11,12)13;1-7-5-8-3-2-4-10(11(12)13)9(8)6-7;1-7-5-8-3-2-4-10(11)9(8)6-7;1-6-5-7-8(11-6)3-2-4-9(7)14(10,12)13;1-6-5-7-8(10-6)3-2-4-9(7)11(12)13;1-2/h2-9,12H,10-11,13-14H2,1H3,(H2,24,29,30)(H,25,26,27);1-5H,6-9H2,(H,16,17,18);2-4,6H,5H2,1H3;2-4,6H,5H2,1H3,(H2,11,12,13);2-4,6H,5H2,1H3;2-4,6H,5,11H2,1H3;2-5,11H,1H3,(H2,10,12,13);2-5,10H,1H3;1-2H3. The third-order valence-corrected chi connectivity index (χ3v) is 26.1. The summed E-state index contributed by atoms with van der Waals surface area (Å²) in [5.41, 5.74) is 31.2. The number of nitrogens with zero attached hydrogens (tertiary/aromatic N) is 7. The van der Waals surface area contributed by atoms with Crippen molar-refractivity contribution in [1.29, 1.82) is 0 Å². The van der Waals surface area contributed by atoms with Crippen molar-refractivity contribution in [2.75, 3.05) is 29.6 Å². The number of nitrogen functional groups attached to an aromatic ring is 1. The first kappa shape index (κ1) is 98.1. The second-order valence-corrected chi connectivity index (χ2v) is 39.2. The van der Waals surface area contributed by atoms with E-state index < -0.39 is 39.1 Å². The maximum atomic E-state index is 12.1. The van der Waals surface area contributed by atoms with Gasteiger partial charge in [0.1, 0.15) is 11.6 Å². The molecule has 20 rings (SSSR count). The van der Waals surface area contributed by atoms with E-state index in [1.54, 1.807) is 66.7 Å². The van der Waals surface area contributed by atoms with E-state index in [4.69, 9.17) is 62.9 Å². The normalized spacial score (nSPS) is 13.5. The lowest BCUT2D eigenvalue weighted by Gasteiger charge is -2.21. The Labute approximate surface area is 776 Å². The summed E-state index contributed by atoms with van der Waals surface area (Å²) in [7, 11) is -9.38. The summed E-state index contributed by atoms with van der Waals surface area (Å²) in [5, 5.41) is 45.8. The van der Waals surface area contributed by atoms with Crippen LogP contribution in [0.2, 0.25) is 5.28 Å². The SMILES string of the molecule is CC.CC1=Cc2c(N)cccc2C1.CC1=Cc2c(cccc2S(=O)(=O)Cl)C1.CC1=Cc2c(cccc2S(N)(=O)=O)C1.CC1=Cc2c(cccc2[N+](=O)[O-])C1.Cc1cc2c(S(N)(=O)=O)cccc2[nH]1.Cc1cc2c(S(N)(=O)=O)cccc2n1-c1nc2c(c(NCc3ccccc3)n1)COCC2.Cc1cc2c([N+](=O)[O-])cccc2[nH]1.Clc1nc2c(c(NCc3ccccc3)n1)COCC2. The van der Waals surface area contributed by atoms with Crippen molar-refractivity contribution in [1.82, 2.24) is 34.5 Å². The van der Waals surface area contributed by atoms with Crippen LogP contribution < -0.4 is 31.8 Å². The number of allylic oxidation sites excluding steroid dienone is 4. The number of primary sulfonamides is 3. The highest BCUT2D eigenvalue weighted by molar-refractivity contribution is 8.13. The van der Waals surface area contributed by atoms with Crippen LogP contribution in [0.1, 0.15) is 137 Å². The lowest BCUT2D eigenvalue weighted by Crippen LogP contribution is -2.19. The Bertz CT molecular complexity index is 7230. The smallest absolute Gasteiger partial charge is 0.278 e. The van der Waals surface area contributed by atoms with Crippen molar-refractivity contribution < 1.29 is 53.0 Å². The largest absolute Gasteiger partial charge is 0.398 e. The number of nitrogens with two attached hydrogens (primary N) is 4. The van der Waals surface area contributed by atoms with Crippen LogP contribution in [0.15, 0.2) is 248 Å². The number of hydrogen-bond acceptors (Lipinski definition) is 21. The molecule has 5 aromatic heterocycles. The van der Waals surface area contributed by atoms with Crippen molar-refractivity contribution in [2.45, 2.75) is 147 Å². The molecule has 0 radical (unpaired) electrons. The van der Waals surface area contributed by atoms with Gasteiger partial charge in [0, 0.05) is 104 Å². The number of anilines is 3. The van der Waals surface area contributed by atoms with E-state index in [0.29, 0.717) is 73.6 Å². The van der Waals surface area contributed by atoms with Crippen molar-refractivity contribution in [2.24, 2.45) is 15.4 Å². The third kappa shape index (κ3) is 24.6. The molecular weight excluding hydrogens is 1800 g/mol. The molecule has 0 saturated heterocycles. The van der Waals surface area contributed by atoms with E-state index in [2.05, 4.69) is 73.9 Å². The second kappa shape index (κ2) is 43.0. The number of H-pyrrole nitrogens is 2. The number of benzene rings is 9. The van der Waals surface area contributed by atoms with Crippen LogP contribution in [-0.4, -0.2) is 91.2 Å². The third-order valence-electron chi connectivity index (χ3n) is 21.7. The Morgan fingerprint density at radius 2 is 0.848 bits per heavy atom. The van der Waals surface area contributed by atoms with Crippen molar-refractivity contribution in [3.8, 4) is 5.95 Å². The van der Waals surface area contributed by atoms with Crippen LogP contribution in [0, 0.1) is 41.0 Å². The summed E-state index contributed by atoms with van der Waals surface area (Å²) in [6.45, 7) is 21.3. The number of hydrogen-bond donors (Lipinski definition) is 8. The van der Waals surface area contributed by atoms with Crippen molar-refractivity contribution in [3.63, 3.8) is 0 Å². The van der Waals surface area contributed by atoms with Crippen LogP contribution in [0.5, 0.6) is 0 Å². The van der Waals surface area contributed by atoms with Gasteiger partial charge in [0.15, 0.2) is 0 Å². The van der Waals surface area contributed by atoms with Gasteiger partial charge in [-0.1, -0.05) is 182 Å². The van der Waals surface area contributed by atoms with Gasteiger partial charge >= 0.3 is 0 Å². The number of aromatic amines is 2. The summed E-state index contributed by atoms with van der Waals surface area (Å²) < 4.78 is 105. The van der Waals surface area contributed by atoms with E-state index in [0.717, 1.165) is 150 Å². The zero-order chi connectivity index (χ0) is 95.1. The molecule has 6 aliphatic rings. The van der Waals surface area contributed by atoms with Crippen molar-refractivity contribution in [3.05, 3.63) is 349 Å². The van der Waals surface area contributed by atoms with Crippen LogP contribution in [-0.2, 0) is 113 Å². The highest BCUT2D eigenvalue weighted by Crippen LogP contribution is 2.37. The first-order chi connectivity index (χ1) is 62.8. The number of rotatable bonds is 13. The molecule has 9 aromatic carbocycles. The summed E-state index contributed by atoms with van der Waals surface area (Å²) in [4.78, 5) is 45.5. The molecule has 29 nitrogen and oxygen atoms in total. The molecule has 12 N–H and O–H groups in total. The molecule has 35 heteroatoms. The fourth-order valence-electron chi connectivity index (χ4n) is 15.9. The molecule has 0 atom stereocenters. The molecule has 4 aliphatic carbocycles. The number of non-ortho nitro benzene ring substituents is 1.